The Morgan fingerprint density at radius 3 is 2.77 bits per heavy atom. The van der Waals surface area contributed by atoms with E-state index in [2.05, 4.69) is 15.3 Å². The van der Waals surface area contributed by atoms with Crippen LogP contribution in [0.5, 0.6) is 0 Å². The molecule has 7 heteroatoms. The number of amides is 2. The molecule has 134 valence electrons. The number of H-pyrrole nitrogens is 1. The van der Waals surface area contributed by atoms with Gasteiger partial charge in [-0.25, -0.2) is 9.78 Å². The predicted molar refractivity (Wildman–Crippen MR) is 104 cm³/mol. The van der Waals surface area contributed by atoms with Crippen molar-refractivity contribution >= 4 is 34.2 Å². The first-order valence-corrected chi connectivity index (χ1v) is 8.66. The van der Waals surface area contributed by atoms with Gasteiger partial charge in [-0.3, -0.25) is 4.79 Å². The summed E-state index contributed by atoms with van der Waals surface area (Å²) in [6, 6.07) is 12.2. The van der Waals surface area contributed by atoms with Crippen molar-refractivity contribution in [1.29, 1.82) is 0 Å². The van der Waals surface area contributed by atoms with Gasteiger partial charge in [0.2, 0.25) is 0 Å². The predicted octanol–water partition coefficient (Wildman–Crippen LogP) is 3.94. The average Bonchev–Trinajstić information content (AvgIpc) is 2.63. The standard InChI is InChI=1S/C19H19ClN4O2/c1-3-24(19(26)22-15-10-6-8-14(20)12(15)2)11-17-21-16-9-5-4-7-13(16)18(25)23-17/h4-10H,3,11H2,1-2H3,(H,22,26)(H,21,23,25). The Bertz CT molecular complexity index is 1020. The largest absolute Gasteiger partial charge is 0.322 e. The molecule has 2 N–H and O–H groups in total. The van der Waals surface area contributed by atoms with E-state index in [0.717, 1.165) is 5.56 Å². The van der Waals surface area contributed by atoms with Crippen LogP contribution in [0.3, 0.4) is 0 Å². The van der Waals surface area contributed by atoms with Gasteiger partial charge in [0.15, 0.2) is 0 Å². The van der Waals surface area contributed by atoms with Crippen molar-refractivity contribution in [3.63, 3.8) is 0 Å². The Morgan fingerprint density at radius 1 is 1.23 bits per heavy atom. The maximum Gasteiger partial charge on any atom is 0.322 e. The van der Waals surface area contributed by atoms with Gasteiger partial charge in [-0.1, -0.05) is 29.8 Å². The third-order valence-corrected chi connectivity index (χ3v) is 4.59. The topological polar surface area (TPSA) is 78.1 Å². The zero-order valence-electron chi connectivity index (χ0n) is 14.5. The molecule has 2 aromatic carbocycles. The Balaban J connectivity index is 1.82. The highest BCUT2D eigenvalue weighted by Crippen LogP contribution is 2.23. The molecule has 0 aliphatic carbocycles. The van der Waals surface area contributed by atoms with Crippen LogP contribution in [0.25, 0.3) is 10.9 Å². The molecule has 0 atom stereocenters. The van der Waals surface area contributed by atoms with Crippen LogP contribution in [0, 0.1) is 6.92 Å². The third kappa shape index (κ3) is 3.70. The van der Waals surface area contributed by atoms with Gasteiger partial charge in [-0.05, 0) is 43.7 Å². The second kappa shape index (κ2) is 7.58. The van der Waals surface area contributed by atoms with Gasteiger partial charge in [-0.2, -0.15) is 0 Å². The fraction of sp³-hybridized carbons (Fsp3) is 0.211. The van der Waals surface area contributed by atoms with E-state index >= 15 is 0 Å². The van der Waals surface area contributed by atoms with E-state index in [1.807, 2.05) is 19.9 Å². The molecule has 0 aliphatic rings. The van der Waals surface area contributed by atoms with Crippen LogP contribution in [0.15, 0.2) is 47.3 Å². The van der Waals surface area contributed by atoms with Gasteiger partial charge in [0.05, 0.1) is 17.4 Å². The minimum atomic E-state index is -0.284. The quantitative estimate of drug-likeness (QED) is 0.730. The highest BCUT2D eigenvalue weighted by atomic mass is 35.5. The number of halogens is 1. The van der Waals surface area contributed by atoms with Crippen molar-refractivity contribution in [2.75, 3.05) is 11.9 Å². The van der Waals surface area contributed by atoms with Gasteiger partial charge in [0.1, 0.15) is 5.82 Å². The first kappa shape index (κ1) is 17.9. The Hall–Kier alpha value is -2.86. The third-order valence-electron chi connectivity index (χ3n) is 4.18. The minimum Gasteiger partial charge on any atom is -0.317 e. The second-order valence-corrected chi connectivity index (χ2v) is 6.29. The number of aromatic nitrogens is 2. The number of carbonyl (C=O) groups is 1. The molecule has 0 saturated heterocycles. The Kier molecular flexibility index (Phi) is 5.23. The first-order valence-electron chi connectivity index (χ1n) is 8.28. The second-order valence-electron chi connectivity index (χ2n) is 5.89. The van der Waals surface area contributed by atoms with E-state index in [1.165, 1.54) is 0 Å². The number of para-hydroxylation sites is 1. The number of nitrogens with zero attached hydrogens (tertiary/aromatic N) is 2. The molecule has 0 saturated carbocycles. The van der Waals surface area contributed by atoms with Crippen LogP contribution in [0.2, 0.25) is 5.02 Å². The summed E-state index contributed by atoms with van der Waals surface area (Å²) in [5, 5.41) is 3.97. The van der Waals surface area contributed by atoms with Crippen molar-refractivity contribution in [1.82, 2.24) is 14.9 Å². The molecule has 0 radical (unpaired) electrons. The SMILES string of the molecule is CCN(Cc1nc2ccccc2c(=O)[nH]1)C(=O)Nc1cccc(Cl)c1C. The van der Waals surface area contributed by atoms with Crippen molar-refractivity contribution in [2.45, 2.75) is 20.4 Å². The first-order chi connectivity index (χ1) is 12.5. The molecular weight excluding hydrogens is 352 g/mol. The van der Waals surface area contributed by atoms with Gasteiger partial charge >= 0.3 is 6.03 Å². The summed E-state index contributed by atoms with van der Waals surface area (Å²) in [7, 11) is 0. The van der Waals surface area contributed by atoms with Gasteiger partial charge < -0.3 is 15.2 Å². The molecule has 1 heterocycles. The molecule has 6 nitrogen and oxygen atoms in total. The fourth-order valence-corrected chi connectivity index (χ4v) is 2.83. The lowest BCUT2D eigenvalue weighted by Crippen LogP contribution is -2.35. The summed E-state index contributed by atoms with van der Waals surface area (Å²) in [5.74, 6) is 0.438. The van der Waals surface area contributed by atoms with Gasteiger partial charge in [0.25, 0.3) is 5.56 Å². The summed E-state index contributed by atoms with van der Waals surface area (Å²) < 4.78 is 0. The lowest BCUT2D eigenvalue weighted by molar-refractivity contribution is 0.210. The number of hydrogen-bond donors (Lipinski definition) is 2. The highest BCUT2D eigenvalue weighted by molar-refractivity contribution is 6.31. The fourth-order valence-electron chi connectivity index (χ4n) is 2.65. The minimum absolute atomic E-state index is 0.196. The molecule has 26 heavy (non-hydrogen) atoms. The Labute approximate surface area is 155 Å². The summed E-state index contributed by atoms with van der Waals surface area (Å²) >= 11 is 6.10. The van der Waals surface area contributed by atoms with E-state index in [1.54, 1.807) is 41.3 Å². The molecule has 3 rings (SSSR count). The van der Waals surface area contributed by atoms with Gasteiger partial charge in [0, 0.05) is 17.3 Å². The summed E-state index contributed by atoms with van der Waals surface area (Å²) in [4.78, 5) is 33.5. The van der Waals surface area contributed by atoms with Crippen LogP contribution < -0.4 is 10.9 Å². The van der Waals surface area contributed by atoms with Crippen molar-refractivity contribution < 1.29 is 4.79 Å². The van der Waals surface area contributed by atoms with Crippen molar-refractivity contribution in [2.24, 2.45) is 0 Å². The summed E-state index contributed by atoms with van der Waals surface area (Å²) in [5.41, 5.74) is 1.85. The number of carbonyl (C=O) groups excluding carboxylic acids is 1. The lowest BCUT2D eigenvalue weighted by Gasteiger charge is -2.21. The maximum absolute atomic E-state index is 12.6. The molecule has 1 aromatic heterocycles. The van der Waals surface area contributed by atoms with E-state index in [9.17, 15) is 9.59 Å². The molecule has 2 amide bonds. The number of benzene rings is 2. The molecule has 3 aromatic rings. The van der Waals surface area contributed by atoms with Crippen molar-refractivity contribution in [3.05, 3.63) is 69.2 Å². The molecule has 0 unspecified atom stereocenters. The smallest absolute Gasteiger partial charge is 0.317 e. The molecule has 0 aliphatic heterocycles. The number of hydrogen-bond acceptors (Lipinski definition) is 3. The molecule has 0 bridgehead atoms. The maximum atomic E-state index is 12.6. The Morgan fingerprint density at radius 2 is 2.00 bits per heavy atom. The lowest BCUT2D eigenvalue weighted by atomic mass is 10.2. The normalized spacial score (nSPS) is 10.7. The van der Waals surface area contributed by atoms with Crippen molar-refractivity contribution in [3.8, 4) is 0 Å². The van der Waals surface area contributed by atoms with Crippen LogP contribution in [-0.2, 0) is 6.54 Å². The summed E-state index contributed by atoms with van der Waals surface area (Å²) in [6.07, 6.45) is 0. The molecule has 0 fully saturated rings. The monoisotopic (exact) mass is 370 g/mol. The van der Waals surface area contributed by atoms with E-state index in [-0.39, 0.29) is 18.1 Å². The van der Waals surface area contributed by atoms with Crippen LogP contribution in [0.1, 0.15) is 18.3 Å². The van der Waals surface area contributed by atoms with E-state index < -0.39 is 0 Å². The number of urea groups is 1. The van der Waals surface area contributed by atoms with Crippen LogP contribution in [-0.4, -0.2) is 27.4 Å². The number of anilines is 1. The zero-order chi connectivity index (χ0) is 18.7. The number of nitrogens with one attached hydrogen (secondary N) is 2. The summed E-state index contributed by atoms with van der Waals surface area (Å²) in [6.45, 7) is 4.37. The van der Waals surface area contributed by atoms with Crippen LogP contribution in [0.4, 0.5) is 10.5 Å². The van der Waals surface area contributed by atoms with Gasteiger partial charge in [-0.15, -0.1) is 0 Å². The average molecular weight is 371 g/mol. The van der Waals surface area contributed by atoms with E-state index in [0.29, 0.717) is 34.0 Å². The van der Waals surface area contributed by atoms with Crippen LogP contribution >= 0.6 is 11.6 Å². The molecular formula is C19H19ClN4O2. The number of aromatic amines is 1. The molecule has 0 spiro atoms. The number of rotatable bonds is 4. The zero-order valence-corrected chi connectivity index (χ0v) is 15.3. The highest BCUT2D eigenvalue weighted by Gasteiger charge is 2.15. The number of fused-ring (bicyclic) bond motifs is 1. The van der Waals surface area contributed by atoms with E-state index in [4.69, 9.17) is 11.6 Å².